The van der Waals surface area contributed by atoms with Gasteiger partial charge in [-0.15, -0.1) is 0 Å². The van der Waals surface area contributed by atoms with Crippen LogP contribution in [0.1, 0.15) is 17.5 Å². The number of aromatic nitrogens is 3. The smallest absolute Gasteiger partial charge is 0.266 e. The van der Waals surface area contributed by atoms with Crippen LogP contribution in [0, 0.1) is 13.8 Å². The quantitative estimate of drug-likeness (QED) is 0.516. The molecule has 0 unspecified atom stereocenters. The first-order valence-corrected chi connectivity index (χ1v) is 9.78. The number of anilines is 1. The lowest BCUT2D eigenvalue weighted by Gasteiger charge is -2.10. The number of carbonyl (C=O) groups excluding carboxylic acids is 1. The summed E-state index contributed by atoms with van der Waals surface area (Å²) in [6.07, 6.45) is 1.48. The fourth-order valence-corrected chi connectivity index (χ4v) is 3.41. The van der Waals surface area contributed by atoms with Gasteiger partial charge in [0.25, 0.3) is 11.3 Å². The normalized spacial score (nSPS) is 11.0. The van der Waals surface area contributed by atoms with E-state index in [1.165, 1.54) is 10.9 Å². The van der Waals surface area contributed by atoms with Crippen LogP contribution in [-0.2, 0) is 11.3 Å². The van der Waals surface area contributed by atoms with E-state index in [2.05, 4.69) is 15.5 Å². The van der Waals surface area contributed by atoms with Gasteiger partial charge in [0.15, 0.2) is 0 Å². The summed E-state index contributed by atoms with van der Waals surface area (Å²) < 4.78 is 6.59. The Morgan fingerprint density at radius 1 is 1.20 bits per heavy atom. The van der Waals surface area contributed by atoms with E-state index in [1.54, 1.807) is 24.3 Å². The number of nitrogens with one attached hydrogen (secondary N) is 1. The zero-order chi connectivity index (χ0) is 21.3. The van der Waals surface area contributed by atoms with Crippen molar-refractivity contribution in [2.24, 2.45) is 0 Å². The maximum Gasteiger partial charge on any atom is 0.266 e. The number of aryl methyl sites for hydroxylation is 3. The van der Waals surface area contributed by atoms with Gasteiger partial charge in [0.2, 0.25) is 5.91 Å². The fraction of sp³-hybridized carbons (Fsp3) is 0.182. The van der Waals surface area contributed by atoms with Crippen molar-refractivity contribution in [1.29, 1.82) is 0 Å². The first-order chi connectivity index (χ1) is 14.4. The molecule has 0 spiro atoms. The molecule has 0 radical (unpaired) electrons. The van der Waals surface area contributed by atoms with Crippen molar-refractivity contribution in [2.45, 2.75) is 26.8 Å². The molecule has 4 rings (SSSR count). The Balaban J connectivity index is 1.58. The van der Waals surface area contributed by atoms with Crippen molar-refractivity contribution in [3.05, 3.63) is 75.3 Å². The Labute approximate surface area is 177 Å². The van der Waals surface area contributed by atoms with Crippen LogP contribution in [0.4, 0.5) is 5.69 Å². The monoisotopic (exact) mass is 422 g/mol. The van der Waals surface area contributed by atoms with E-state index >= 15 is 0 Å². The maximum atomic E-state index is 13.0. The van der Waals surface area contributed by atoms with E-state index in [-0.39, 0.29) is 35.5 Å². The average Bonchev–Trinajstić information content (AvgIpc) is 3.15. The fourth-order valence-electron chi connectivity index (χ4n) is 3.18. The number of hydrogen-bond donors (Lipinski definition) is 1. The van der Waals surface area contributed by atoms with Gasteiger partial charge in [0.05, 0.1) is 5.02 Å². The highest BCUT2D eigenvalue weighted by Crippen LogP contribution is 2.30. The molecule has 1 N–H and O–H groups in total. The Kier molecular flexibility index (Phi) is 5.37. The van der Waals surface area contributed by atoms with Crippen LogP contribution < -0.4 is 10.9 Å². The molecule has 152 valence electrons. The van der Waals surface area contributed by atoms with E-state index < -0.39 is 0 Å². The third-order valence-electron chi connectivity index (χ3n) is 4.84. The lowest BCUT2D eigenvalue weighted by atomic mass is 10.1. The van der Waals surface area contributed by atoms with Gasteiger partial charge in [0, 0.05) is 24.2 Å². The molecule has 1 amide bonds. The highest BCUT2D eigenvalue weighted by atomic mass is 35.5. The lowest BCUT2D eigenvalue weighted by Crippen LogP contribution is -2.23. The van der Waals surface area contributed by atoms with Gasteiger partial charge in [-0.2, -0.15) is 0 Å². The summed E-state index contributed by atoms with van der Waals surface area (Å²) in [7, 11) is 0. The van der Waals surface area contributed by atoms with Gasteiger partial charge < -0.3 is 9.84 Å². The summed E-state index contributed by atoms with van der Waals surface area (Å²) in [5.41, 5.74) is 3.51. The second-order valence-electron chi connectivity index (χ2n) is 7.05. The van der Waals surface area contributed by atoms with Crippen LogP contribution >= 0.6 is 11.6 Å². The predicted molar refractivity (Wildman–Crippen MR) is 116 cm³/mol. The maximum absolute atomic E-state index is 13.0. The molecule has 7 nitrogen and oxygen atoms in total. The molecule has 0 saturated carbocycles. The van der Waals surface area contributed by atoms with Crippen LogP contribution in [0.3, 0.4) is 0 Å². The van der Waals surface area contributed by atoms with E-state index in [4.69, 9.17) is 16.1 Å². The number of nitrogens with zero attached hydrogens (tertiary/aromatic N) is 3. The number of rotatable bonds is 5. The molecule has 0 aliphatic carbocycles. The van der Waals surface area contributed by atoms with Gasteiger partial charge in [-0.1, -0.05) is 47.1 Å². The molecule has 2 heterocycles. The molecule has 8 heteroatoms. The molecule has 0 aliphatic heterocycles. The molecule has 0 fully saturated rings. The molecule has 2 aromatic heterocycles. The van der Waals surface area contributed by atoms with Gasteiger partial charge in [-0.3, -0.25) is 14.2 Å². The highest BCUT2D eigenvalue weighted by Gasteiger charge is 2.19. The van der Waals surface area contributed by atoms with Crippen LogP contribution in [0.5, 0.6) is 0 Å². The zero-order valence-electron chi connectivity index (χ0n) is 16.5. The number of benzene rings is 2. The topological polar surface area (TPSA) is 90.0 Å². The molecule has 4 aromatic rings. The van der Waals surface area contributed by atoms with E-state index in [9.17, 15) is 9.59 Å². The summed E-state index contributed by atoms with van der Waals surface area (Å²) >= 11 is 6.25. The molecular formula is C22H19ClN4O3. The van der Waals surface area contributed by atoms with E-state index in [0.717, 1.165) is 16.8 Å². The van der Waals surface area contributed by atoms with Crippen molar-refractivity contribution in [3.63, 3.8) is 0 Å². The Morgan fingerprint density at radius 3 is 2.80 bits per heavy atom. The number of carbonyl (C=O) groups is 1. The van der Waals surface area contributed by atoms with Crippen molar-refractivity contribution < 1.29 is 9.32 Å². The van der Waals surface area contributed by atoms with E-state index in [1.807, 2.05) is 32.0 Å². The lowest BCUT2D eigenvalue weighted by molar-refractivity contribution is -0.116. The summed E-state index contributed by atoms with van der Waals surface area (Å²) in [5, 5.41) is 7.57. The summed E-state index contributed by atoms with van der Waals surface area (Å²) in [6.45, 7) is 4.07. The number of hydrogen-bond acceptors (Lipinski definition) is 5. The van der Waals surface area contributed by atoms with Crippen molar-refractivity contribution in [2.75, 3.05) is 5.32 Å². The van der Waals surface area contributed by atoms with Gasteiger partial charge >= 0.3 is 0 Å². The number of fused-ring (bicyclic) bond motifs is 1. The average molecular weight is 423 g/mol. The molecule has 0 atom stereocenters. The second-order valence-corrected chi connectivity index (χ2v) is 7.46. The summed E-state index contributed by atoms with van der Waals surface area (Å²) in [5.74, 6) is -0.188. The molecule has 0 bridgehead atoms. The molecular weight excluding hydrogens is 404 g/mol. The molecule has 30 heavy (non-hydrogen) atoms. The minimum absolute atomic E-state index is 0.118. The molecule has 0 aliphatic rings. The van der Waals surface area contributed by atoms with Crippen LogP contribution in [-0.4, -0.2) is 20.6 Å². The van der Waals surface area contributed by atoms with Gasteiger partial charge in [-0.05, 0) is 37.1 Å². The van der Waals surface area contributed by atoms with Gasteiger partial charge in [0.1, 0.15) is 17.4 Å². The third-order valence-corrected chi connectivity index (χ3v) is 5.17. The largest absolute Gasteiger partial charge is 0.335 e. The SMILES string of the molecule is Cc1ccc(C)c(NC(=O)CCn2cnc3onc(-c4ccccc4Cl)c3c2=O)c1. The predicted octanol–water partition coefficient (Wildman–Crippen LogP) is 4.35. The van der Waals surface area contributed by atoms with Gasteiger partial charge in [-0.25, -0.2) is 4.98 Å². The summed E-state index contributed by atoms with van der Waals surface area (Å²) in [6, 6.07) is 12.9. The first-order valence-electron chi connectivity index (χ1n) is 9.41. The molecule has 0 saturated heterocycles. The number of amides is 1. The zero-order valence-corrected chi connectivity index (χ0v) is 17.2. The summed E-state index contributed by atoms with van der Waals surface area (Å²) in [4.78, 5) is 29.6. The standard InChI is InChI=1S/C22H19ClN4O3/c1-13-7-8-14(2)17(11-13)25-18(28)9-10-27-12-24-21-19(22(27)29)20(26-30-21)15-5-3-4-6-16(15)23/h3-8,11-12H,9-10H2,1-2H3,(H,25,28). The Hall–Kier alpha value is -3.45. The van der Waals surface area contributed by atoms with Crippen molar-refractivity contribution in [3.8, 4) is 11.3 Å². The Morgan fingerprint density at radius 2 is 2.00 bits per heavy atom. The minimum atomic E-state index is -0.337. The van der Waals surface area contributed by atoms with Crippen molar-refractivity contribution in [1.82, 2.24) is 14.7 Å². The van der Waals surface area contributed by atoms with Crippen LogP contribution in [0.2, 0.25) is 5.02 Å². The van der Waals surface area contributed by atoms with Crippen LogP contribution in [0.15, 0.2) is 58.1 Å². The Bertz CT molecular complexity index is 1310. The minimum Gasteiger partial charge on any atom is -0.335 e. The van der Waals surface area contributed by atoms with E-state index in [0.29, 0.717) is 16.3 Å². The second kappa shape index (κ2) is 8.12. The van der Waals surface area contributed by atoms with Crippen LogP contribution in [0.25, 0.3) is 22.4 Å². The van der Waals surface area contributed by atoms with Crippen molar-refractivity contribution >= 4 is 34.3 Å². The first kappa shape index (κ1) is 19.8. The highest BCUT2D eigenvalue weighted by molar-refractivity contribution is 6.33. The third kappa shape index (κ3) is 3.84. The molecule has 2 aromatic carbocycles. The number of halogens is 1.